The fourth-order valence-corrected chi connectivity index (χ4v) is 3.16. The maximum Gasteiger partial charge on any atom is 0.265 e. The molecule has 1 aliphatic heterocycles. The van der Waals surface area contributed by atoms with E-state index in [1.54, 1.807) is 6.08 Å². The van der Waals surface area contributed by atoms with Crippen LogP contribution in [0.3, 0.4) is 0 Å². The van der Waals surface area contributed by atoms with E-state index >= 15 is 0 Å². The van der Waals surface area contributed by atoms with E-state index < -0.39 is 5.91 Å². The van der Waals surface area contributed by atoms with Crippen molar-refractivity contribution in [3.63, 3.8) is 0 Å². The zero-order chi connectivity index (χ0) is 18.1. The van der Waals surface area contributed by atoms with Crippen LogP contribution in [0.1, 0.15) is 23.7 Å². The van der Waals surface area contributed by atoms with Crippen molar-refractivity contribution >= 4 is 35.2 Å². The molecule has 25 heavy (non-hydrogen) atoms. The molecular weight excluding hydrogens is 334 g/mol. The number of nitrogens with zero attached hydrogens (tertiary/aromatic N) is 2. The quantitative estimate of drug-likeness (QED) is 0.524. The number of aromatic nitrogens is 1. The Balaban J connectivity index is 2.07. The van der Waals surface area contributed by atoms with E-state index in [0.717, 1.165) is 16.9 Å². The molecule has 0 aliphatic carbocycles. The smallest absolute Gasteiger partial charge is 0.265 e. The summed E-state index contributed by atoms with van der Waals surface area (Å²) in [7, 11) is 0. The van der Waals surface area contributed by atoms with Gasteiger partial charge in [-0.3, -0.25) is 19.8 Å². The fourth-order valence-electron chi connectivity index (χ4n) is 2.86. The molecule has 1 fully saturated rings. The van der Waals surface area contributed by atoms with Crippen molar-refractivity contribution in [2.45, 2.75) is 20.8 Å². The molecule has 2 heterocycles. The predicted molar refractivity (Wildman–Crippen MR) is 101 cm³/mol. The number of carbonyl (C=O) groups is 2. The average molecular weight is 353 g/mol. The van der Waals surface area contributed by atoms with Gasteiger partial charge in [-0.1, -0.05) is 12.1 Å². The van der Waals surface area contributed by atoms with E-state index in [1.165, 1.54) is 10.5 Å². The lowest BCUT2D eigenvalue weighted by Gasteiger charge is -2.27. The highest BCUT2D eigenvalue weighted by atomic mass is 32.1. The molecule has 5 nitrogen and oxygen atoms in total. The van der Waals surface area contributed by atoms with Crippen LogP contribution >= 0.6 is 12.2 Å². The summed E-state index contributed by atoms with van der Waals surface area (Å²) in [5, 5.41) is 2.73. The second kappa shape index (κ2) is 6.64. The van der Waals surface area contributed by atoms with Crippen LogP contribution in [-0.2, 0) is 9.59 Å². The number of likely N-dealkylation sites (N-methyl/N-ethyl adjacent to an activating group) is 1. The SMILES string of the molecule is CCN1C(=O)/C(=C/c2cccn2-c2cccc(C)c2C)C(=O)NC1=S. The van der Waals surface area contributed by atoms with Gasteiger partial charge in [0.05, 0.1) is 0 Å². The van der Waals surface area contributed by atoms with Gasteiger partial charge in [0.2, 0.25) is 0 Å². The van der Waals surface area contributed by atoms with Crippen molar-refractivity contribution < 1.29 is 9.59 Å². The third-order valence-electron chi connectivity index (χ3n) is 4.41. The second-order valence-corrected chi connectivity index (χ2v) is 6.28. The number of benzene rings is 1. The Hall–Kier alpha value is -2.73. The summed E-state index contributed by atoms with van der Waals surface area (Å²) in [6, 6.07) is 9.82. The summed E-state index contributed by atoms with van der Waals surface area (Å²) >= 11 is 5.06. The standard InChI is InChI=1S/C19H19N3O2S/c1-4-21-18(24)15(17(23)20-19(21)25)11-14-8-6-10-22(14)16-9-5-7-12(2)13(16)3/h5-11H,4H2,1-3H3,(H,20,23,25)/b15-11+. The van der Waals surface area contributed by atoms with Crippen LogP contribution < -0.4 is 5.32 Å². The second-order valence-electron chi connectivity index (χ2n) is 5.89. The summed E-state index contributed by atoms with van der Waals surface area (Å²) in [6.45, 7) is 6.33. The van der Waals surface area contributed by atoms with Gasteiger partial charge in [-0.2, -0.15) is 0 Å². The van der Waals surface area contributed by atoms with Gasteiger partial charge in [-0.25, -0.2) is 0 Å². The van der Waals surface area contributed by atoms with Crippen molar-refractivity contribution in [2.24, 2.45) is 0 Å². The van der Waals surface area contributed by atoms with E-state index in [-0.39, 0.29) is 16.6 Å². The topological polar surface area (TPSA) is 54.3 Å². The van der Waals surface area contributed by atoms with Crippen molar-refractivity contribution in [2.75, 3.05) is 6.54 Å². The summed E-state index contributed by atoms with van der Waals surface area (Å²) in [5.74, 6) is -0.835. The highest BCUT2D eigenvalue weighted by Gasteiger charge is 2.32. The van der Waals surface area contributed by atoms with Crippen LogP contribution in [0.4, 0.5) is 0 Å². The number of carbonyl (C=O) groups excluding carboxylic acids is 2. The van der Waals surface area contributed by atoms with Gasteiger partial charge in [0.15, 0.2) is 5.11 Å². The maximum atomic E-state index is 12.6. The van der Waals surface area contributed by atoms with E-state index in [1.807, 2.05) is 42.0 Å². The number of amides is 2. The summed E-state index contributed by atoms with van der Waals surface area (Å²) in [6.07, 6.45) is 3.53. The highest BCUT2D eigenvalue weighted by molar-refractivity contribution is 7.80. The molecule has 6 heteroatoms. The van der Waals surface area contributed by atoms with E-state index in [2.05, 4.69) is 25.2 Å². The van der Waals surface area contributed by atoms with Crippen molar-refractivity contribution in [3.8, 4) is 5.69 Å². The third kappa shape index (κ3) is 3.00. The minimum absolute atomic E-state index is 0.0840. The fraction of sp³-hybridized carbons (Fsp3) is 0.211. The number of nitrogens with one attached hydrogen (secondary N) is 1. The number of aryl methyl sites for hydroxylation is 1. The molecule has 0 atom stereocenters. The van der Waals surface area contributed by atoms with Crippen molar-refractivity contribution in [1.29, 1.82) is 0 Å². The van der Waals surface area contributed by atoms with Gasteiger partial charge in [0.1, 0.15) is 5.57 Å². The molecule has 1 aliphatic rings. The molecular formula is C19H19N3O2S. The van der Waals surface area contributed by atoms with Gasteiger partial charge in [-0.15, -0.1) is 0 Å². The minimum atomic E-state index is -0.464. The van der Waals surface area contributed by atoms with Gasteiger partial charge < -0.3 is 4.57 Å². The lowest BCUT2D eigenvalue weighted by molar-refractivity contribution is -0.128. The van der Waals surface area contributed by atoms with Crippen LogP contribution in [0.25, 0.3) is 11.8 Å². The Kier molecular flexibility index (Phi) is 4.55. The molecule has 1 N–H and O–H groups in total. The Morgan fingerprint density at radius 2 is 1.92 bits per heavy atom. The molecule has 1 aromatic heterocycles. The summed E-state index contributed by atoms with van der Waals surface area (Å²) in [4.78, 5) is 26.2. The first-order valence-electron chi connectivity index (χ1n) is 8.07. The molecule has 0 saturated carbocycles. The number of rotatable bonds is 3. The lowest BCUT2D eigenvalue weighted by atomic mass is 10.1. The molecule has 3 rings (SSSR count). The predicted octanol–water partition coefficient (Wildman–Crippen LogP) is 2.74. The number of hydrogen-bond acceptors (Lipinski definition) is 3. The van der Waals surface area contributed by atoms with Crippen molar-refractivity contribution in [3.05, 3.63) is 58.9 Å². The first-order chi connectivity index (χ1) is 11.9. The molecule has 1 aromatic carbocycles. The largest absolute Gasteiger partial charge is 0.317 e. The van der Waals surface area contributed by atoms with Crippen LogP contribution in [0.5, 0.6) is 0 Å². The lowest BCUT2D eigenvalue weighted by Crippen LogP contribution is -2.53. The van der Waals surface area contributed by atoms with Crippen molar-refractivity contribution in [1.82, 2.24) is 14.8 Å². The highest BCUT2D eigenvalue weighted by Crippen LogP contribution is 2.22. The van der Waals surface area contributed by atoms with E-state index in [9.17, 15) is 9.59 Å². The Morgan fingerprint density at radius 3 is 2.64 bits per heavy atom. The van der Waals surface area contributed by atoms with Crippen LogP contribution in [0, 0.1) is 13.8 Å². The van der Waals surface area contributed by atoms with E-state index in [0.29, 0.717) is 6.54 Å². The monoisotopic (exact) mass is 353 g/mol. The number of thiocarbonyl (C=S) groups is 1. The summed E-state index contributed by atoms with van der Waals surface area (Å²) in [5.41, 5.74) is 4.19. The van der Waals surface area contributed by atoms with Gasteiger partial charge in [0.25, 0.3) is 11.8 Å². The molecule has 0 spiro atoms. The summed E-state index contributed by atoms with van der Waals surface area (Å²) < 4.78 is 1.97. The number of hydrogen-bond donors (Lipinski definition) is 1. The molecule has 0 unspecified atom stereocenters. The first kappa shape index (κ1) is 17.1. The normalized spacial score (nSPS) is 16.5. The Labute approximate surface area is 151 Å². The van der Waals surface area contributed by atoms with Crippen LogP contribution in [0.15, 0.2) is 42.1 Å². The van der Waals surface area contributed by atoms with Gasteiger partial charge >= 0.3 is 0 Å². The maximum absolute atomic E-state index is 12.6. The molecule has 1 saturated heterocycles. The Bertz CT molecular complexity index is 911. The van der Waals surface area contributed by atoms with Gasteiger partial charge in [0, 0.05) is 24.1 Å². The Morgan fingerprint density at radius 1 is 1.16 bits per heavy atom. The average Bonchev–Trinajstić information content (AvgIpc) is 3.02. The van der Waals surface area contributed by atoms with E-state index in [4.69, 9.17) is 12.2 Å². The molecule has 0 bridgehead atoms. The molecule has 128 valence electrons. The van der Waals surface area contributed by atoms with Crippen LogP contribution in [0.2, 0.25) is 0 Å². The minimum Gasteiger partial charge on any atom is -0.317 e. The van der Waals surface area contributed by atoms with Crippen LogP contribution in [-0.4, -0.2) is 32.9 Å². The van der Waals surface area contributed by atoms with Gasteiger partial charge in [-0.05, 0) is 68.4 Å². The zero-order valence-electron chi connectivity index (χ0n) is 14.4. The first-order valence-corrected chi connectivity index (χ1v) is 8.47. The zero-order valence-corrected chi connectivity index (χ0v) is 15.2. The third-order valence-corrected chi connectivity index (χ3v) is 4.73. The molecule has 2 amide bonds. The molecule has 0 radical (unpaired) electrons. The molecule has 2 aromatic rings.